The molecule has 1 fully saturated rings. The molecule has 0 unspecified atom stereocenters. The van der Waals surface area contributed by atoms with Crippen molar-refractivity contribution in [3.8, 4) is 0 Å². The summed E-state index contributed by atoms with van der Waals surface area (Å²) in [7, 11) is -3.42. The van der Waals surface area contributed by atoms with Crippen LogP contribution < -0.4 is 5.32 Å². The Bertz CT molecular complexity index is 581. The summed E-state index contributed by atoms with van der Waals surface area (Å²) in [5, 5.41) is 2.67. The van der Waals surface area contributed by atoms with E-state index in [-0.39, 0.29) is 23.1 Å². The number of halogens is 1. The van der Waals surface area contributed by atoms with Crippen molar-refractivity contribution in [1.82, 2.24) is 4.31 Å². The summed E-state index contributed by atoms with van der Waals surface area (Å²) in [5.74, 6) is 0.0735. The number of hydrogen-bond donors (Lipinski definition) is 1. The Morgan fingerprint density at radius 1 is 1.14 bits per heavy atom. The van der Waals surface area contributed by atoms with Gasteiger partial charge in [-0.2, -0.15) is 4.31 Å². The average molecular weight is 331 g/mol. The molecule has 1 aromatic carbocycles. The first-order valence-corrected chi connectivity index (χ1v) is 8.97. The van der Waals surface area contributed by atoms with Gasteiger partial charge >= 0.3 is 0 Å². The third-order valence-corrected chi connectivity index (χ3v) is 5.51. The molecule has 1 aliphatic heterocycles. The molecule has 0 bridgehead atoms. The van der Waals surface area contributed by atoms with Crippen molar-refractivity contribution in [3.63, 3.8) is 0 Å². The highest BCUT2D eigenvalue weighted by molar-refractivity contribution is 7.89. The van der Waals surface area contributed by atoms with Crippen LogP contribution in [0.4, 0.5) is 5.69 Å². The van der Waals surface area contributed by atoms with Crippen molar-refractivity contribution in [1.29, 1.82) is 0 Å². The van der Waals surface area contributed by atoms with Gasteiger partial charge in [-0.05, 0) is 37.1 Å². The molecule has 0 radical (unpaired) electrons. The quantitative estimate of drug-likeness (QED) is 0.843. The molecule has 1 amide bonds. The number of carbonyl (C=O) groups is 1. The molecule has 5 nitrogen and oxygen atoms in total. The van der Waals surface area contributed by atoms with Crippen LogP contribution in [0.3, 0.4) is 0 Å². The maximum Gasteiger partial charge on any atom is 0.243 e. The fourth-order valence-corrected chi connectivity index (χ4v) is 3.96. The summed E-state index contributed by atoms with van der Waals surface area (Å²) in [6.45, 7) is 1.16. The molecule has 1 saturated heterocycles. The highest BCUT2D eigenvalue weighted by Crippen LogP contribution is 2.22. The van der Waals surface area contributed by atoms with E-state index in [1.165, 1.54) is 16.4 Å². The topological polar surface area (TPSA) is 66.5 Å². The summed E-state index contributed by atoms with van der Waals surface area (Å²) in [6, 6.07) is 6.26. The Morgan fingerprint density at radius 2 is 1.76 bits per heavy atom. The van der Waals surface area contributed by atoms with E-state index in [0.717, 1.165) is 19.3 Å². The van der Waals surface area contributed by atoms with E-state index < -0.39 is 10.0 Å². The van der Waals surface area contributed by atoms with Gasteiger partial charge in [0.1, 0.15) is 0 Å². The molecule has 116 valence electrons. The normalized spacial score (nSPS) is 16.6. The van der Waals surface area contributed by atoms with Crippen LogP contribution >= 0.6 is 11.6 Å². The lowest BCUT2D eigenvalue weighted by atomic mass is 10.2. The Balaban J connectivity index is 2.09. The molecule has 1 heterocycles. The predicted molar refractivity (Wildman–Crippen MR) is 83.0 cm³/mol. The maximum atomic E-state index is 12.4. The first-order chi connectivity index (χ1) is 10.0. The van der Waals surface area contributed by atoms with Crippen LogP contribution in [0.1, 0.15) is 25.7 Å². The SMILES string of the molecule is O=C(CCCl)Nc1ccc(S(=O)(=O)N2CCCCC2)cc1. The Hall–Kier alpha value is -1.11. The smallest absolute Gasteiger partial charge is 0.243 e. The van der Waals surface area contributed by atoms with E-state index in [2.05, 4.69) is 5.32 Å². The Kier molecular flexibility index (Phi) is 5.61. The van der Waals surface area contributed by atoms with Crippen LogP contribution in [-0.2, 0) is 14.8 Å². The van der Waals surface area contributed by atoms with Crippen LogP contribution in [0.15, 0.2) is 29.2 Å². The lowest BCUT2D eigenvalue weighted by Crippen LogP contribution is -2.35. The van der Waals surface area contributed by atoms with Gasteiger partial charge in [0, 0.05) is 31.1 Å². The molecular formula is C14H19ClN2O3S. The van der Waals surface area contributed by atoms with Gasteiger partial charge in [0.2, 0.25) is 15.9 Å². The first-order valence-electron chi connectivity index (χ1n) is 7.00. The zero-order valence-corrected chi connectivity index (χ0v) is 13.3. The van der Waals surface area contributed by atoms with Crippen molar-refractivity contribution in [2.45, 2.75) is 30.6 Å². The highest BCUT2D eigenvalue weighted by atomic mass is 35.5. The number of alkyl halides is 1. The lowest BCUT2D eigenvalue weighted by molar-refractivity contribution is -0.115. The van der Waals surface area contributed by atoms with Crippen molar-refractivity contribution in [2.24, 2.45) is 0 Å². The van der Waals surface area contributed by atoms with Crippen LogP contribution in [-0.4, -0.2) is 37.6 Å². The molecule has 0 saturated carbocycles. The average Bonchev–Trinajstić information content (AvgIpc) is 2.49. The number of anilines is 1. The second-order valence-corrected chi connectivity index (χ2v) is 7.29. The zero-order chi connectivity index (χ0) is 15.3. The standard InChI is InChI=1S/C14H19ClN2O3S/c15-9-8-14(18)16-12-4-6-13(7-5-12)21(19,20)17-10-2-1-3-11-17/h4-7H,1-3,8-11H2,(H,16,18). The summed E-state index contributed by atoms with van der Waals surface area (Å²) in [6.07, 6.45) is 3.13. The molecule has 0 atom stereocenters. The van der Waals surface area contributed by atoms with Gasteiger partial charge in [-0.25, -0.2) is 8.42 Å². The van der Waals surface area contributed by atoms with Crippen molar-refractivity contribution < 1.29 is 13.2 Å². The van der Waals surface area contributed by atoms with Crippen molar-refractivity contribution >= 4 is 33.2 Å². The molecule has 21 heavy (non-hydrogen) atoms. The molecule has 0 aromatic heterocycles. The van der Waals surface area contributed by atoms with Gasteiger partial charge in [0.15, 0.2) is 0 Å². The van der Waals surface area contributed by atoms with Crippen LogP contribution in [0.2, 0.25) is 0 Å². The predicted octanol–water partition coefficient (Wildman–Crippen LogP) is 2.43. The van der Waals surface area contributed by atoms with E-state index in [4.69, 9.17) is 11.6 Å². The number of hydrogen-bond acceptors (Lipinski definition) is 3. The molecule has 0 aliphatic carbocycles. The second kappa shape index (κ2) is 7.24. The number of carbonyl (C=O) groups excluding carboxylic acids is 1. The lowest BCUT2D eigenvalue weighted by Gasteiger charge is -2.25. The molecule has 0 spiro atoms. The fraction of sp³-hybridized carbons (Fsp3) is 0.500. The van der Waals surface area contributed by atoms with E-state index in [1.54, 1.807) is 12.1 Å². The highest BCUT2D eigenvalue weighted by Gasteiger charge is 2.25. The van der Waals surface area contributed by atoms with Crippen molar-refractivity contribution in [3.05, 3.63) is 24.3 Å². The molecule has 2 rings (SSSR count). The largest absolute Gasteiger partial charge is 0.326 e. The number of benzene rings is 1. The van der Waals surface area contributed by atoms with Gasteiger partial charge < -0.3 is 5.32 Å². The van der Waals surface area contributed by atoms with E-state index in [9.17, 15) is 13.2 Å². The van der Waals surface area contributed by atoms with Gasteiger partial charge in [0.05, 0.1) is 4.90 Å². The number of piperidine rings is 1. The van der Waals surface area contributed by atoms with Crippen LogP contribution in [0, 0.1) is 0 Å². The van der Waals surface area contributed by atoms with Crippen molar-refractivity contribution in [2.75, 3.05) is 24.3 Å². The van der Waals surface area contributed by atoms with E-state index >= 15 is 0 Å². The summed E-state index contributed by atoms with van der Waals surface area (Å²) in [5.41, 5.74) is 0.572. The van der Waals surface area contributed by atoms with E-state index in [0.29, 0.717) is 18.8 Å². The number of amides is 1. The van der Waals surface area contributed by atoms with E-state index in [1.807, 2.05) is 0 Å². The Morgan fingerprint density at radius 3 is 2.33 bits per heavy atom. The monoisotopic (exact) mass is 330 g/mol. The summed E-state index contributed by atoms with van der Waals surface area (Å²) in [4.78, 5) is 11.7. The van der Waals surface area contributed by atoms with Gasteiger partial charge in [-0.1, -0.05) is 6.42 Å². The minimum atomic E-state index is -3.42. The number of nitrogens with zero attached hydrogens (tertiary/aromatic N) is 1. The molecule has 1 aromatic rings. The van der Waals surface area contributed by atoms with Crippen LogP contribution in [0.5, 0.6) is 0 Å². The number of sulfonamides is 1. The summed E-state index contributed by atoms with van der Waals surface area (Å²) >= 11 is 5.49. The van der Waals surface area contributed by atoms with Gasteiger partial charge in [-0.15, -0.1) is 11.6 Å². The third kappa shape index (κ3) is 4.18. The minimum absolute atomic E-state index is 0.184. The van der Waals surface area contributed by atoms with Gasteiger partial charge in [0.25, 0.3) is 0 Å². The fourth-order valence-electron chi connectivity index (χ4n) is 2.27. The van der Waals surface area contributed by atoms with Crippen LogP contribution in [0.25, 0.3) is 0 Å². The Labute approximate surface area is 130 Å². The second-order valence-electron chi connectivity index (χ2n) is 4.98. The maximum absolute atomic E-state index is 12.4. The van der Waals surface area contributed by atoms with Gasteiger partial charge in [-0.3, -0.25) is 4.79 Å². The number of rotatable bonds is 5. The summed E-state index contributed by atoms with van der Waals surface area (Å²) < 4.78 is 26.4. The molecule has 1 aliphatic rings. The number of nitrogens with one attached hydrogen (secondary N) is 1. The molecular weight excluding hydrogens is 312 g/mol. The molecule has 1 N–H and O–H groups in total. The first kappa shape index (κ1) is 16.3. The zero-order valence-electron chi connectivity index (χ0n) is 11.7. The minimum Gasteiger partial charge on any atom is -0.326 e. The molecule has 7 heteroatoms. The third-order valence-electron chi connectivity index (χ3n) is 3.41.